The van der Waals surface area contributed by atoms with Crippen molar-refractivity contribution in [1.82, 2.24) is 14.5 Å². The van der Waals surface area contributed by atoms with Crippen LogP contribution in [0.3, 0.4) is 0 Å². The van der Waals surface area contributed by atoms with Gasteiger partial charge in [0.05, 0.1) is 12.0 Å². The number of nitro groups is 1. The van der Waals surface area contributed by atoms with E-state index in [0.29, 0.717) is 5.13 Å². The zero-order valence-electron chi connectivity index (χ0n) is 13.0. The van der Waals surface area contributed by atoms with Crippen molar-refractivity contribution >= 4 is 21.5 Å². The van der Waals surface area contributed by atoms with Crippen LogP contribution < -0.4 is 10.1 Å². The molecule has 0 amide bonds. The number of aromatic nitrogens is 3. The molecule has 2 aromatic heterocycles. The van der Waals surface area contributed by atoms with Gasteiger partial charge in [0.1, 0.15) is 23.8 Å². The fourth-order valence-corrected chi connectivity index (χ4v) is 2.95. The smallest absolute Gasteiger partial charge is 0.345 e. The molecule has 24 heavy (non-hydrogen) atoms. The largest absolute Gasteiger partial charge is 0.497 e. The minimum Gasteiger partial charge on any atom is -0.497 e. The lowest BCUT2D eigenvalue weighted by Gasteiger charge is -2.18. The molecule has 0 bridgehead atoms. The first kappa shape index (κ1) is 15.9. The molecule has 8 nitrogen and oxygen atoms in total. The topological polar surface area (TPSA) is 95.1 Å². The number of imidazole rings is 1. The van der Waals surface area contributed by atoms with Crippen LogP contribution in [0.1, 0.15) is 17.4 Å². The summed E-state index contributed by atoms with van der Waals surface area (Å²) in [6.45, 7) is 0. The van der Waals surface area contributed by atoms with Gasteiger partial charge in [0.25, 0.3) is 0 Å². The maximum Gasteiger partial charge on any atom is 0.345 e. The molecule has 1 aromatic carbocycles. The van der Waals surface area contributed by atoms with E-state index < -0.39 is 4.92 Å². The number of nitrogens with zero attached hydrogens (tertiary/aromatic N) is 4. The Kier molecular flexibility index (Phi) is 4.43. The SMILES string of the molecule is COc1ccc([C@H](Nc2ncc([N+](=O)[O-])s2)c2nccn2C)cc1. The van der Waals surface area contributed by atoms with Crippen molar-refractivity contribution in [3.63, 3.8) is 0 Å². The molecule has 0 spiro atoms. The molecular formula is C15H15N5O3S. The molecule has 0 fully saturated rings. The Bertz CT molecular complexity index is 843. The maximum absolute atomic E-state index is 10.8. The van der Waals surface area contributed by atoms with Crippen LogP contribution in [0, 0.1) is 10.1 Å². The predicted octanol–water partition coefficient (Wildman–Crippen LogP) is 2.99. The van der Waals surface area contributed by atoms with Gasteiger partial charge < -0.3 is 14.6 Å². The molecule has 0 aliphatic heterocycles. The van der Waals surface area contributed by atoms with Crippen molar-refractivity contribution in [2.45, 2.75) is 6.04 Å². The standard InChI is InChI=1S/C15H15N5O3S/c1-19-8-7-16-14(19)13(10-3-5-11(23-2)6-4-10)18-15-17-9-12(24-15)20(21)22/h3-9,13H,1-2H3,(H,17,18)/t13-/m0/s1. The van der Waals surface area contributed by atoms with E-state index in [4.69, 9.17) is 4.74 Å². The highest BCUT2D eigenvalue weighted by molar-refractivity contribution is 7.18. The molecule has 0 aliphatic carbocycles. The van der Waals surface area contributed by atoms with E-state index in [1.54, 1.807) is 13.3 Å². The number of hydrogen-bond acceptors (Lipinski definition) is 7. The number of methoxy groups -OCH3 is 1. The van der Waals surface area contributed by atoms with Gasteiger partial charge in [-0.2, -0.15) is 0 Å². The number of thiazole rings is 1. The summed E-state index contributed by atoms with van der Waals surface area (Å²) in [5.41, 5.74) is 0.947. The van der Waals surface area contributed by atoms with Crippen molar-refractivity contribution in [2.75, 3.05) is 12.4 Å². The van der Waals surface area contributed by atoms with Crippen LogP contribution in [-0.4, -0.2) is 26.6 Å². The summed E-state index contributed by atoms with van der Waals surface area (Å²) in [5.74, 6) is 1.53. The third-order valence-corrected chi connectivity index (χ3v) is 4.39. The summed E-state index contributed by atoms with van der Waals surface area (Å²) in [6.07, 6.45) is 4.80. The normalized spacial score (nSPS) is 11.9. The Balaban J connectivity index is 1.95. The Morgan fingerprint density at radius 1 is 1.33 bits per heavy atom. The van der Waals surface area contributed by atoms with Crippen LogP contribution in [0.2, 0.25) is 0 Å². The number of nitrogens with one attached hydrogen (secondary N) is 1. The molecule has 1 N–H and O–H groups in total. The quantitative estimate of drug-likeness (QED) is 0.545. The van der Waals surface area contributed by atoms with Crippen LogP contribution in [0.15, 0.2) is 42.9 Å². The molecule has 0 saturated carbocycles. The molecular weight excluding hydrogens is 330 g/mol. The Hall–Kier alpha value is -2.94. The average Bonchev–Trinajstić information content (AvgIpc) is 3.22. The lowest BCUT2D eigenvalue weighted by Crippen LogP contribution is -2.16. The first-order valence-electron chi connectivity index (χ1n) is 7.06. The first-order valence-corrected chi connectivity index (χ1v) is 7.88. The third-order valence-electron chi connectivity index (χ3n) is 3.51. The first-order chi connectivity index (χ1) is 11.6. The number of hydrogen-bond donors (Lipinski definition) is 1. The van der Waals surface area contributed by atoms with Crippen molar-refractivity contribution in [1.29, 1.82) is 0 Å². The zero-order valence-corrected chi connectivity index (χ0v) is 13.9. The Labute approximate surface area is 141 Å². The van der Waals surface area contributed by atoms with Gasteiger partial charge in [0, 0.05) is 19.4 Å². The van der Waals surface area contributed by atoms with Crippen LogP contribution in [0.4, 0.5) is 10.1 Å². The lowest BCUT2D eigenvalue weighted by molar-refractivity contribution is -0.380. The molecule has 1 atom stereocenters. The van der Waals surface area contributed by atoms with Crippen LogP contribution in [0.25, 0.3) is 0 Å². The molecule has 9 heteroatoms. The van der Waals surface area contributed by atoms with E-state index in [1.165, 1.54) is 6.20 Å². The molecule has 3 rings (SSSR count). The second-order valence-corrected chi connectivity index (χ2v) is 6.02. The molecule has 124 valence electrons. The highest BCUT2D eigenvalue weighted by Crippen LogP contribution is 2.31. The molecule has 0 aliphatic rings. The second kappa shape index (κ2) is 6.67. The van der Waals surface area contributed by atoms with E-state index >= 15 is 0 Å². The molecule has 2 heterocycles. The highest BCUT2D eigenvalue weighted by atomic mass is 32.1. The number of ether oxygens (including phenoxy) is 1. The summed E-state index contributed by atoms with van der Waals surface area (Å²) in [6, 6.07) is 7.27. The van der Waals surface area contributed by atoms with Crippen LogP contribution in [0.5, 0.6) is 5.75 Å². The fraction of sp³-hybridized carbons (Fsp3) is 0.200. The third kappa shape index (κ3) is 3.20. The van der Waals surface area contributed by atoms with E-state index in [9.17, 15) is 10.1 Å². The van der Waals surface area contributed by atoms with E-state index in [2.05, 4.69) is 15.3 Å². The van der Waals surface area contributed by atoms with Crippen molar-refractivity contribution in [3.05, 3.63) is 64.4 Å². The number of anilines is 1. The van der Waals surface area contributed by atoms with Crippen molar-refractivity contribution < 1.29 is 9.66 Å². The summed E-state index contributed by atoms with van der Waals surface area (Å²) < 4.78 is 7.08. The lowest BCUT2D eigenvalue weighted by atomic mass is 10.1. The van der Waals surface area contributed by atoms with Crippen molar-refractivity contribution in [3.8, 4) is 5.75 Å². The predicted molar refractivity (Wildman–Crippen MR) is 90.4 cm³/mol. The van der Waals surface area contributed by atoms with E-state index in [-0.39, 0.29) is 11.0 Å². The van der Waals surface area contributed by atoms with Gasteiger partial charge in [-0.25, -0.2) is 9.97 Å². The Morgan fingerprint density at radius 2 is 2.08 bits per heavy atom. The average molecular weight is 345 g/mol. The summed E-state index contributed by atoms with van der Waals surface area (Å²) >= 11 is 0.992. The number of rotatable bonds is 6. The van der Waals surface area contributed by atoms with E-state index in [1.807, 2.05) is 42.1 Å². The van der Waals surface area contributed by atoms with Gasteiger partial charge in [0.15, 0.2) is 5.13 Å². The molecule has 0 unspecified atom stereocenters. The second-order valence-electron chi connectivity index (χ2n) is 5.01. The number of benzene rings is 1. The summed E-state index contributed by atoms with van der Waals surface area (Å²) in [5, 5.41) is 14.5. The van der Waals surface area contributed by atoms with Gasteiger partial charge >= 0.3 is 5.00 Å². The minimum absolute atomic E-state index is 0.00850. The Morgan fingerprint density at radius 3 is 2.62 bits per heavy atom. The van der Waals surface area contributed by atoms with Gasteiger partial charge in [-0.1, -0.05) is 12.1 Å². The van der Waals surface area contributed by atoms with Crippen LogP contribution in [-0.2, 0) is 7.05 Å². The van der Waals surface area contributed by atoms with Crippen molar-refractivity contribution in [2.24, 2.45) is 7.05 Å². The van der Waals surface area contributed by atoms with Gasteiger partial charge in [-0.05, 0) is 29.0 Å². The van der Waals surface area contributed by atoms with E-state index in [0.717, 1.165) is 28.5 Å². The number of aryl methyl sites for hydroxylation is 1. The zero-order chi connectivity index (χ0) is 17.1. The fourth-order valence-electron chi connectivity index (χ4n) is 2.29. The maximum atomic E-state index is 10.8. The summed E-state index contributed by atoms with van der Waals surface area (Å²) in [4.78, 5) is 18.9. The molecule has 0 saturated heterocycles. The van der Waals surface area contributed by atoms with Gasteiger partial charge in [-0.3, -0.25) is 10.1 Å². The minimum atomic E-state index is -0.452. The molecule has 0 radical (unpaired) electrons. The van der Waals surface area contributed by atoms with Gasteiger partial charge in [0.2, 0.25) is 0 Å². The molecule has 3 aromatic rings. The monoisotopic (exact) mass is 345 g/mol. The summed E-state index contributed by atoms with van der Waals surface area (Å²) in [7, 11) is 3.50. The van der Waals surface area contributed by atoms with Crippen LogP contribution >= 0.6 is 11.3 Å². The highest BCUT2D eigenvalue weighted by Gasteiger charge is 2.21. The van der Waals surface area contributed by atoms with Gasteiger partial charge in [-0.15, -0.1) is 0 Å².